The number of ether oxygens (including phenoxy) is 1. The van der Waals surface area contributed by atoms with Crippen LogP contribution in [-0.2, 0) is 6.42 Å². The predicted octanol–water partition coefficient (Wildman–Crippen LogP) is 2.73. The highest BCUT2D eigenvalue weighted by atomic mass is 16.5. The van der Waals surface area contributed by atoms with Crippen molar-refractivity contribution < 1.29 is 9.53 Å². The third-order valence-electron chi connectivity index (χ3n) is 4.06. The zero-order chi connectivity index (χ0) is 13.1. The Morgan fingerprint density at radius 3 is 3.00 bits per heavy atom. The molecule has 1 aliphatic heterocycles. The van der Waals surface area contributed by atoms with Crippen LogP contribution in [0.4, 0.5) is 0 Å². The fourth-order valence-electron chi connectivity index (χ4n) is 2.98. The van der Waals surface area contributed by atoms with Crippen molar-refractivity contribution >= 4 is 5.78 Å². The summed E-state index contributed by atoms with van der Waals surface area (Å²) in [5, 5.41) is 3.39. The van der Waals surface area contributed by atoms with Gasteiger partial charge in [0.2, 0.25) is 0 Å². The van der Waals surface area contributed by atoms with E-state index in [0.29, 0.717) is 6.42 Å². The van der Waals surface area contributed by atoms with Crippen LogP contribution < -0.4 is 10.1 Å². The maximum atomic E-state index is 11.9. The molecule has 1 unspecified atom stereocenters. The first-order chi connectivity index (χ1) is 9.33. The summed E-state index contributed by atoms with van der Waals surface area (Å²) in [5.41, 5.74) is 2.07. The number of aryl methyl sites for hydroxylation is 1. The summed E-state index contributed by atoms with van der Waals surface area (Å²) in [7, 11) is 0. The van der Waals surface area contributed by atoms with E-state index in [1.807, 2.05) is 12.1 Å². The number of fused-ring (bicyclic) bond motifs is 1. The summed E-state index contributed by atoms with van der Waals surface area (Å²) in [5.74, 6) is 1.13. The average molecular weight is 259 g/mol. The number of rotatable bonds is 2. The van der Waals surface area contributed by atoms with E-state index >= 15 is 0 Å². The van der Waals surface area contributed by atoms with E-state index in [1.54, 1.807) is 0 Å². The lowest BCUT2D eigenvalue weighted by Crippen LogP contribution is -2.19. The standard InChI is InChI=1S/C16H21NO2/c18-16-5-1-3-12-6-7-14(11-15(12)16)19-13-4-2-9-17-10-8-13/h6-7,11,13,17H,1-5,8-10H2. The van der Waals surface area contributed by atoms with Crippen LogP contribution in [0.1, 0.15) is 48.0 Å². The Labute approximate surface area is 114 Å². The second-order valence-electron chi connectivity index (χ2n) is 5.52. The molecule has 1 N–H and O–H groups in total. The van der Waals surface area contributed by atoms with Gasteiger partial charge in [-0.25, -0.2) is 0 Å². The van der Waals surface area contributed by atoms with Gasteiger partial charge in [0.25, 0.3) is 0 Å². The molecule has 3 rings (SSSR count). The molecule has 0 radical (unpaired) electrons. The molecule has 1 aromatic carbocycles. The highest BCUT2D eigenvalue weighted by molar-refractivity contribution is 5.98. The van der Waals surface area contributed by atoms with Gasteiger partial charge >= 0.3 is 0 Å². The molecule has 1 atom stereocenters. The SMILES string of the molecule is O=C1CCCc2ccc(OC3CCCNCC3)cc21. The van der Waals surface area contributed by atoms with Crippen molar-refractivity contribution in [2.45, 2.75) is 44.6 Å². The van der Waals surface area contributed by atoms with Crippen LogP contribution in [0.25, 0.3) is 0 Å². The maximum Gasteiger partial charge on any atom is 0.163 e. The topological polar surface area (TPSA) is 38.3 Å². The lowest BCUT2D eigenvalue weighted by molar-refractivity contribution is 0.0971. The average Bonchev–Trinajstić information content (AvgIpc) is 2.68. The molecule has 0 amide bonds. The van der Waals surface area contributed by atoms with E-state index in [0.717, 1.165) is 56.5 Å². The van der Waals surface area contributed by atoms with Gasteiger partial charge in [-0.05, 0) is 62.9 Å². The molecule has 1 saturated heterocycles. The molecule has 0 aromatic heterocycles. The minimum Gasteiger partial charge on any atom is -0.490 e. The van der Waals surface area contributed by atoms with Gasteiger partial charge in [0.1, 0.15) is 5.75 Å². The van der Waals surface area contributed by atoms with Gasteiger partial charge in [0.05, 0.1) is 6.10 Å². The van der Waals surface area contributed by atoms with Crippen molar-refractivity contribution in [1.29, 1.82) is 0 Å². The number of Topliss-reactive ketones (excluding diaryl/α,β-unsaturated/α-hetero) is 1. The number of carbonyl (C=O) groups excluding carboxylic acids is 1. The van der Waals surface area contributed by atoms with Crippen molar-refractivity contribution in [3.05, 3.63) is 29.3 Å². The van der Waals surface area contributed by atoms with Crippen LogP contribution in [0.15, 0.2) is 18.2 Å². The van der Waals surface area contributed by atoms with Crippen LogP contribution in [0.3, 0.4) is 0 Å². The number of ketones is 1. The number of hydrogen-bond acceptors (Lipinski definition) is 3. The zero-order valence-electron chi connectivity index (χ0n) is 11.3. The summed E-state index contributed by atoms with van der Waals surface area (Å²) in [4.78, 5) is 11.9. The van der Waals surface area contributed by atoms with E-state index in [1.165, 1.54) is 5.56 Å². The number of carbonyl (C=O) groups is 1. The van der Waals surface area contributed by atoms with Crippen LogP contribution >= 0.6 is 0 Å². The van der Waals surface area contributed by atoms with Gasteiger partial charge in [-0.15, -0.1) is 0 Å². The van der Waals surface area contributed by atoms with Gasteiger partial charge in [0.15, 0.2) is 5.78 Å². The summed E-state index contributed by atoms with van der Waals surface area (Å²) in [6.07, 6.45) is 6.28. The number of hydrogen-bond donors (Lipinski definition) is 1. The summed E-state index contributed by atoms with van der Waals surface area (Å²) in [6, 6.07) is 6.04. The molecule has 2 aliphatic rings. The van der Waals surface area contributed by atoms with Gasteiger partial charge in [0, 0.05) is 12.0 Å². The number of nitrogens with one attached hydrogen (secondary N) is 1. The Balaban J connectivity index is 1.74. The molecule has 0 spiro atoms. The molecule has 3 nitrogen and oxygen atoms in total. The minimum atomic E-state index is 0.272. The van der Waals surface area contributed by atoms with Gasteiger partial charge in [-0.2, -0.15) is 0 Å². The van der Waals surface area contributed by atoms with E-state index in [4.69, 9.17) is 4.74 Å². The Morgan fingerprint density at radius 1 is 1.11 bits per heavy atom. The van der Waals surface area contributed by atoms with E-state index in [-0.39, 0.29) is 11.9 Å². The Morgan fingerprint density at radius 2 is 2.05 bits per heavy atom. The third-order valence-corrected chi connectivity index (χ3v) is 4.06. The Bertz CT molecular complexity index is 462. The normalized spacial score (nSPS) is 23.6. The van der Waals surface area contributed by atoms with Crippen LogP contribution in [0.2, 0.25) is 0 Å². The van der Waals surface area contributed by atoms with Crippen LogP contribution in [0, 0.1) is 0 Å². The van der Waals surface area contributed by atoms with Crippen molar-refractivity contribution in [2.75, 3.05) is 13.1 Å². The first kappa shape index (κ1) is 12.7. The highest BCUT2D eigenvalue weighted by Gasteiger charge is 2.19. The molecular weight excluding hydrogens is 238 g/mol. The van der Waals surface area contributed by atoms with E-state index < -0.39 is 0 Å². The summed E-state index contributed by atoms with van der Waals surface area (Å²) in [6.45, 7) is 2.11. The molecule has 1 aliphatic carbocycles. The fraction of sp³-hybridized carbons (Fsp3) is 0.562. The molecule has 3 heteroatoms. The molecule has 1 heterocycles. The minimum absolute atomic E-state index is 0.272. The van der Waals surface area contributed by atoms with Crippen molar-refractivity contribution in [3.63, 3.8) is 0 Å². The van der Waals surface area contributed by atoms with Crippen molar-refractivity contribution in [3.8, 4) is 5.75 Å². The predicted molar refractivity (Wildman–Crippen MR) is 74.8 cm³/mol. The van der Waals surface area contributed by atoms with E-state index in [2.05, 4.69) is 11.4 Å². The Hall–Kier alpha value is -1.35. The smallest absolute Gasteiger partial charge is 0.163 e. The zero-order valence-corrected chi connectivity index (χ0v) is 11.3. The molecule has 0 bridgehead atoms. The summed E-state index contributed by atoms with van der Waals surface area (Å²) < 4.78 is 6.06. The first-order valence-corrected chi connectivity index (χ1v) is 7.36. The lowest BCUT2D eigenvalue weighted by atomic mass is 9.90. The second kappa shape index (κ2) is 5.74. The van der Waals surface area contributed by atoms with Crippen molar-refractivity contribution in [1.82, 2.24) is 5.32 Å². The lowest BCUT2D eigenvalue weighted by Gasteiger charge is -2.20. The molecular formula is C16H21NO2. The van der Waals surface area contributed by atoms with E-state index in [9.17, 15) is 4.79 Å². The first-order valence-electron chi connectivity index (χ1n) is 7.36. The largest absolute Gasteiger partial charge is 0.490 e. The molecule has 0 saturated carbocycles. The summed E-state index contributed by atoms with van der Waals surface area (Å²) >= 11 is 0. The van der Waals surface area contributed by atoms with Gasteiger partial charge in [-0.1, -0.05) is 6.07 Å². The van der Waals surface area contributed by atoms with Crippen molar-refractivity contribution in [2.24, 2.45) is 0 Å². The molecule has 1 fully saturated rings. The third kappa shape index (κ3) is 2.98. The number of benzene rings is 1. The molecule has 1 aromatic rings. The monoisotopic (exact) mass is 259 g/mol. The second-order valence-corrected chi connectivity index (χ2v) is 5.52. The quantitative estimate of drug-likeness (QED) is 0.887. The molecule has 19 heavy (non-hydrogen) atoms. The highest BCUT2D eigenvalue weighted by Crippen LogP contribution is 2.26. The van der Waals surface area contributed by atoms with Gasteiger partial charge < -0.3 is 10.1 Å². The Kier molecular flexibility index (Phi) is 3.83. The van der Waals surface area contributed by atoms with Crippen LogP contribution in [-0.4, -0.2) is 25.0 Å². The molecule has 102 valence electrons. The van der Waals surface area contributed by atoms with Crippen LogP contribution in [0.5, 0.6) is 5.75 Å². The van der Waals surface area contributed by atoms with Gasteiger partial charge in [-0.3, -0.25) is 4.79 Å². The maximum absolute atomic E-state index is 11.9. The fourth-order valence-corrected chi connectivity index (χ4v) is 2.98.